The number of piperidine rings is 1. The van der Waals surface area contributed by atoms with Gasteiger partial charge in [-0.05, 0) is 38.1 Å². The van der Waals surface area contributed by atoms with Crippen molar-refractivity contribution in [1.82, 2.24) is 9.80 Å². The lowest BCUT2D eigenvalue weighted by molar-refractivity contribution is -0.148. The molecular formula is C17H24N2O3S. The first-order valence-electron chi connectivity index (χ1n) is 8.30. The number of carbonyl (C=O) groups excluding carboxylic acids is 2. The molecule has 0 saturated carbocycles. The molecule has 3 rings (SSSR count). The molecule has 1 aromatic heterocycles. The Balaban J connectivity index is 1.54. The van der Waals surface area contributed by atoms with Crippen molar-refractivity contribution in [2.75, 3.05) is 26.2 Å². The monoisotopic (exact) mass is 336 g/mol. The van der Waals surface area contributed by atoms with Gasteiger partial charge in [-0.3, -0.25) is 9.59 Å². The molecule has 2 aliphatic heterocycles. The molecule has 0 aliphatic carbocycles. The summed E-state index contributed by atoms with van der Waals surface area (Å²) >= 11 is 1.54. The highest BCUT2D eigenvalue weighted by Crippen LogP contribution is 2.23. The fourth-order valence-electron chi connectivity index (χ4n) is 3.51. The zero-order valence-electron chi connectivity index (χ0n) is 13.7. The largest absolute Gasteiger partial charge is 0.372 e. The van der Waals surface area contributed by atoms with Gasteiger partial charge in [-0.25, -0.2) is 0 Å². The lowest BCUT2D eigenvalue weighted by atomic mass is 9.94. The topological polar surface area (TPSA) is 49.9 Å². The van der Waals surface area contributed by atoms with Crippen LogP contribution in [0.2, 0.25) is 0 Å². The normalized spacial score (nSPS) is 26.3. The second kappa shape index (κ2) is 7.01. The Morgan fingerprint density at radius 3 is 2.35 bits per heavy atom. The summed E-state index contributed by atoms with van der Waals surface area (Å²) < 4.78 is 5.70. The number of carbonyl (C=O) groups is 2. The van der Waals surface area contributed by atoms with E-state index in [4.69, 9.17) is 4.74 Å². The van der Waals surface area contributed by atoms with Gasteiger partial charge < -0.3 is 14.5 Å². The van der Waals surface area contributed by atoms with Crippen LogP contribution in [0.4, 0.5) is 0 Å². The summed E-state index contributed by atoms with van der Waals surface area (Å²) in [5, 5.41) is 3.81. The first kappa shape index (κ1) is 16.5. The second-order valence-electron chi connectivity index (χ2n) is 6.58. The highest BCUT2D eigenvalue weighted by molar-refractivity contribution is 7.08. The third-order valence-corrected chi connectivity index (χ3v) is 5.31. The zero-order chi connectivity index (χ0) is 16.4. The van der Waals surface area contributed by atoms with Crippen molar-refractivity contribution < 1.29 is 14.3 Å². The van der Waals surface area contributed by atoms with Crippen LogP contribution in [0.15, 0.2) is 16.8 Å². The minimum atomic E-state index is 0.0408. The van der Waals surface area contributed by atoms with Gasteiger partial charge >= 0.3 is 0 Å². The molecule has 2 amide bonds. The van der Waals surface area contributed by atoms with E-state index in [0.717, 1.165) is 18.4 Å². The predicted octanol–water partition coefficient (Wildman–Crippen LogP) is 2.24. The van der Waals surface area contributed by atoms with Crippen LogP contribution in [-0.4, -0.2) is 60.0 Å². The lowest BCUT2D eigenvalue weighted by Crippen LogP contribution is -2.51. The number of ether oxygens (including phenoxy) is 1. The molecule has 3 heterocycles. The van der Waals surface area contributed by atoms with Crippen LogP contribution in [0.3, 0.4) is 0 Å². The fourth-order valence-corrected chi connectivity index (χ4v) is 4.14. The van der Waals surface area contributed by atoms with Gasteiger partial charge in [0.15, 0.2) is 0 Å². The first-order chi connectivity index (χ1) is 11.0. The molecular weight excluding hydrogens is 312 g/mol. The van der Waals surface area contributed by atoms with Crippen molar-refractivity contribution >= 4 is 23.2 Å². The Morgan fingerprint density at radius 1 is 1.13 bits per heavy atom. The van der Waals surface area contributed by atoms with E-state index in [2.05, 4.69) is 0 Å². The lowest BCUT2D eigenvalue weighted by Gasteiger charge is -2.39. The summed E-state index contributed by atoms with van der Waals surface area (Å²) in [6.45, 7) is 6.71. The third-order valence-electron chi connectivity index (χ3n) is 4.63. The van der Waals surface area contributed by atoms with Gasteiger partial charge in [-0.2, -0.15) is 11.3 Å². The van der Waals surface area contributed by atoms with E-state index < -0.39 is 0 Å². The summed E-state index contributed by atoms with van der Waals surface area (Å²) in [5.41, 5.74) is 0.760. The van der Waals surface area contributed by atoms with Gasteiger partial charge in [0.05, 0.1) is 17.8 Å². The van der Waals surface area contributed by atoms with E-state index in [1.54, 1.807) is 0 Å². The number of hydrogen-bond acceptors (Lipinski definition) is 4. The highest BCUT2D eigenvalue weighted by atomic mass is 32.1. The maximum atomic E-state index is 12.7. The highest BCUT2D eigenvalue weighted by Gasteiger charge is 2.33. The first-order valence-corrected chi connectivity index (χ1v) is 9.24. The Morgan fingerprint density at radius 2 is 1.78 bits per heavy atom. The molecule has 2 fully saturated rings. The van der Waals surface area contributed by atoms with Crippen LogP contribution in [-0.2, 0) is 9.53 Å². The summed E-state index contributed by atoms with van der Waals surface area (Å²) in [5.74, 6) is 0.361. The smallest absolute Gasteiger partial charge is 0.254 e. The quantitative estimate of drug-likeness (QED) is 0.832. The van der Waals surface area contributed by atoms with Crippen LogP contribution in [0, 0.1) is 5.92 Å². The number of likely N-dealkylation sites (tertiary alicyclic amines) is 1. The Bertz CT molecular complexity index is 542. The number of morpholine rings is 1. The number of amides is 2. The molecule has 5 nitrogen and oxygen atoms in total. The van der Waals surface area contributed by atoms with Gasteiger partial charge in [0.25, 0.3) is 5.91 Å². The third kappa shape index (κ3) is 3.75. The number of nitrogens with zero attached hydrogens (tertiary/aromatic N) is 2. The molecule has 126 valence electrons. The van der Waals surface area contributed by atoms with Crippen LogP contribution >= 0.6 is 11.3 Å². The Hall–Kier alpha value is -1.40. The van der Waals surface area contributed by atoms with Crippen molar-refractivity contribution in [2.45, 2.75) is 38.9 Å². The van der Waals surface area contributed by atoms with Gasteiger partial charge in [-0.1, -0.05) is 0 Å². The van der Waals surface area contributed by atoms with Gasteiger partial charge in [0, 0.05) is 37.5 Å². The number of thiophene rings is 1. The van der Waals surface area contributed by atoms with Crippen LogP contribution in [0.1, 0.15) is 37.0 Å². The molecule has 2 atom stereocenters. The van der Waals surface area contributed by atoms with Gasteiger partial charge in [0.2, 0.25) is 5.91 Å². The molecule has 2 unspecified atom stereocenters. The van der Waals surface area contributed by atoms with Crippen LogP contribution in [0.25, 0.3) is 0 Å². The van der Waals surface area contributed by atoms with Crippen molar-refractivity contribution in [2.24, 2.45) is 5.92 Å². The van der Waals surface area contributed by atoms with Gasteiger partial charge in [-0.15, -0.1) is 0 Å². The van der Waals surface area contributed by atoms with Crippen molar-refractivity contribution in [3.05, 3.63) is 22.4 Å². The summed E-state index contributed by atoms with van der Waals surface area (Å²) in [6, 6.07) is 1.86. The number of hydrogen-bond donors (Lipinski definition) is 0. The zero-order valence-corrected chi connectivity index (χ0v) is 14.6. The molecule has 6 heteroatoms. The van der Waals surface area contributed by atoms with E-state index in [1.807, 2.05) is 40.5 Å². The fraction of sp³-hybridized carbons (Fsp3) is 0.647. The standard InChI is InChI=1S/C17H24N2O3S/c1-12-9-19(10-13(2)22-12)16(20)14-3-6-18(7-4-14)17(21)15-5-8-23-11-15/h5,8,11-14H,3-4,6-7,9-10H2,1-2H3. The Kier molecular flexibility index (Phi) is 5.02. The maximum Gasteiger partial charge on any atom is 0.254 e. The average molecular weight is 336 g/mol. The molecule has 0 bridgehead atoms. The van der Waals surface area contributed by atoms with E-state index in [9.17, 15) is 9.59 Å². The van der Waals surface area contributed by atoms with Crippen molar-refractivity contribution in [1.29, 1.82) is 0 Å². The van der Waals surface area contributed by atoms with E-state index in [-0.39, 0.29) is 29.9 Å². The minimum absolute atomic E-state index is 0.0408. The molecule has 0 N–H and O–H groups in total. The average Bonchev–Trinajstić information content (AvgIpc) is 3.07. The van der Waals surface area contributed by atoms with Crippen molar-refractivity contribution in [3.8, 4) is 0 Å². The van der Waals surface area contributed by atoms with E-state index in [1.165, 1.54) is 11.3 Å². The molecule has 1 aromatic rings. The summed E-state index contributed by atoms with van der Waals surface area (Å²) in [4.78, 5) is 28.9. The Labute approximate surface area is 141 Å². The van der Waals surface area contributed by atoms with Crippen LogP contribution < -0.4 is 0 Å². The second-order valence-corrected chi connectivity index (χ2v) is 7.36. The van der Waals surface area contributed by atoms with Crippen LogP contribution in [0.5, 0.6) is 0 Å². The minimum Gasteiger partial charge on any atom is -0.372 e. The summed E-state index contributed by atoms with van der Waals surface area (Å²) in [7, 11) is 0. The molecule has 2 saturated heterocycles. The predicted molar refractivity (Wildman–Crippen MR) is 89.5 cm³/mol. The molecule has 0 spiro atoms. The summed E-state index contributed by atoms with van der Waals surface area (Å²) in [6.07, 6.45) is 1.72. The maximum absolute atomic E-state index is 12.7. The SMILES string of the molecule is CC1CN(C(=O)C2CCN(C(=O)c3ccsc3)CC2)CC(C)O1. The van der Waals surface area contributed by atoms with Gasteiger partial charge in [0.1, 0.15) is 0 Å². The molecule has 0 aromatic carbocycles. The molecule has 0 radical (unpaired) electrons. The molecule has 23 heavy (non-hydrogen) atoms. The van der Waals surface area contributed by atoms with E-state index in [0.29, 0.717) is 26.2 Å². The number of rotatable bonds is 2. The molecule has 2 aliphatic rings. The van der Waals surface area contributed by atoms with E-state index >= 15 is 0 Å². The van der Waals surface area contributed by atoms with Crippen molar-refractivity contribution in [3.63, 3.8) is 0 Å².